The number of phosphoric ester groups is 1. The quantitative estimate of drug-likeness (QED) is 0.0833. The highest BCUT2D eigenvalue weighted by Gasteiger charge is 2.18. The van der Waals surface area contributed by atoms with Gasteiger partial charge in [-0.3, -0.25) is 9.32 Å². The highest BCUT2D eigenvalue weighted by Crippen LogP contribution is 2.35. The van der Waals surface area contributed by atoms with Gasteiger partial charge in [-0.1, -0.05) is 78.9 Å². The first kappa shape index (κ1) is 35.5. The van der Waals surface area contributed by atoms with Gasteiger partial charge in [-0.25, -0.2) is 4.57 Å². The number of phosphoric acid groups is 1. The highest BCUT2D eigenvalue weighted by atomic mass is 31.2. The van der Waals surface area contributed by atoms with Crippen molar-refractivity contribution >= 4 is 13.7 Å². The predicted octanol–water partition coefficient (Wildman–Crippen LogP) is 7.00. The zero-order valence-corrected chi connectivity index (χ0v) is 26.6. The monoisotopic (exact) mass is 634 g/mol. The van der Waals surface area contributed by atoms with Gasteiger partial charge in [0.25, 0.3) is 0 Å². The summed E-state index contributed by atoms with van der Waals surface area (Å²) < 4.78 is 26.9. The van der Waals surface area contributed by atoms with Crippen molar-refractivity contribution in [1.29, 1.82) is 0 Å². The predicted molar refractivity (Wildman–Crippen MR) is 177 cm³/mol. The van der Waals surface area contributed by atoms with Crippen LogP contribution < -0.4 is 15.6 Å². The molecule has 0 heterocycles. The average molecular weight is 635 g/mol. The highest BCUT2D eigenvalue weighted by molar-refractivity contribution is 7.46. The first-order valence-electron chi connectivity index (χ1n) is 14.8. The lowest BCUT2D eigenvalue weighted by Gasteiger charge is -2.23. The number of rotatable bonds is 17. The summed E-state index contributed by atoms with van der Waals surface area (Å²) >= 11 is 0. The van der Waals surface area contributed by atoms with Crippen LogP contribution >= 0.6 is 7.82 Å². The van der Waals surface area contributed by atoms with Gasteiger partial charge in [0.05, 0.1) is 20.3 Å². The van der Waals surface area contributed by atoms with Crippen LogP contribution in [0, 0.1) is 0 Å². The third-order valence-corrected chi connectivity index (χ3v) is 7.75. The maximum absolute atomic E-state index is 13.0. The van der Waals surface area contributed by atoms with E-state index in [2.05, 4.69) is 53.1 Å². The van der Waals surface area contributed by atoms with Gasteiger partial charge in [-0.15, -0.1) is 0 Å². The molecule has 5 N–H and O–H groups in total. The topological polar surface area (TPSA) is 141 Å². The molecule has 0 aliphatic heterocycles. The molecular weight excluding hydrogens is 591 g/mol. The number of amides is 1. The number of carbonyl (C=O) groups is 1. The Bertz CT molecular complexity index is 1490. The molecule has 0 atom stereocenters. The van der Waals surface area contributed by atoms with Crippen LogP contribution in [-0.2, 0) is 33.3 Å². The third kappa shape index (κ3) is 12.5. The van der Waals surface area contributed by atoms with E-state index in [1.807, 2.05) is 54.6 Å². The molecule has 0 fully saturated rings. The van der Waals surface area contributed by atoms with Crippen molar-refractivity contribution in [3.63, 3.8) is 0 Å². The summed E-state index contributed by atoms with van der Waals surface area (Å²) in [6, 6.07) is 34.3. The fraction of sp³-hybridized carbons (Fsp3) is 0.286. The lowest BCUT2D eigenvalue weighted by molar-refractivity contribution is -0.132. The Labute approximate surface area is 265 Å². The van der Waals surface area contributed by atoms with E-state index in [-0.39, 0.29) is 25.2 Å². The number of benzene rings is 4. The van der Waals surface area contributed by atoms with E-state index in [1.165, 1.54) is 16.7 Å². The van der Waals surface area contributed by atoms with E-state index < -0.39 is 7.82 Å². The van der Waals surface area contributed by atoms with Gasteiger partial charge in [0, 0.05) is 25.9 Å². The van der Waals surface area contributed by atoms with E-state index in [1.54, 1.807) is 12.0 Å². The number of carbonyl (C=O) groups excluding carboxylic acids is 1. The zero-order valence-electron chi connectivity index (χ0n) is 25.7. The molecule has 4 aromatic carbocycles. The van der Waals surface area contributed by atoms with Crippen molar-refractivity contribution in [1.82, 2.24) is 11.1 Å². The van der Waals surface area contributed by atoms with Crippen LogP contribution in [-0.4, -0.2) is 47.5 Å². The third-order valence-electron chi connectivity index (χ3n) is 7.23. The normalized spacial score (nSPS) is 11.0. The molecule has 4 aromatic rings. The zero-order chi connectivity index (χ0) is 31.2. The van der Waals surface area contributed by atoms with Crippen molar-refractivity contribution in [2.45, 2.75) is 38.6 Å². The summed E-state index contributed by atoms with van der Waals surface area (Å²) in [6.45, 7) is 0.715. The molecule has 0 aromatic heterocycles. The van der Waals surface area contributed by atoms with E-state index in [4.69, 9.17) is 19.3 Å². The lowest BCUT2D eigenvalue weighted by atomic mass is 10.0. The standard InChI is InChI=1S/C35H40NO7P.H3N/c1-41-33-20-16-30(17-21-33)27-36(23-25-43-44(38,39)40)35(37)13-6-5-8-29-9-7-12-34(26-29)42-24-22-28-14-18-32(19-15-28)31-10-3-2-4-11-31;/h2-4,7,9-12,14-21,26H,5-6,8,13,22-25,27H2,1H3,(H2,38,39,40);1H3. The van der Waals surface area contributed by atoms with E-state index in [9.17, 15) is 9.36 Å². The molecule has 1 amide bonds. The van der Waals surface area contributed by atoms with Gasteiger partial charge in [-0.05, 0) is 71.3 Å². The van der Waals surface area contributed by atoms with Crippen LogP contribution in [0.2, 0.25) is 0 Å². The average Bonchev–Trinajstić information content (AvgIpc) is 3.03. The molecule has 240 valence electrons. The first-order chi connectivity index (χ1) is 21.3. The Morgan fingerprint density at radius 1 is 0.733 bits per heavy atom. The number of hydrogen-bond donors (Lipinski definition) is 3. The van der Waals surface area contributed by atoms with Crippen LogP contribution in [0.1, 0.15) is 36.0 Å². The summed E-state index contributed by atoms with van der Waals surface area (Å²) in [5.74, 6) is 1.44. The Balaban J connectivity index is 0.00000552. The molecule has 4 rings (SSSR count). The molecular formula is C35H43N2O7P. The molecule has 0 saturated carbocycles. The molecule has 0 radical (unpaired) electrons. The van der Waals surface area contributed by atoms with Crippen molar-refractivity contribution in [2.24, 2.45) is 0 Å². The maximum atomic E-state index is 13.0. The summed E-state index contributed by atoms with van der Waals surface area (Å²) in [5, 5.41) is 0. The number of hydrogen-bond acceptors (Lipinski definition) is 6. The molecule has 9 nitrogen and oxygen atoms in total. The maximum Gasteiger partial charge on any atom is 0.469 e. The van der Waals surface area contributed by atoms with Gasteiger partial charge in [0.2, 0.25) is 5.91 Å². The SMILES string of the molecule is COc1ccc(CN(CCOP(=O)(O)O)C(=O)CCCCc2cccc(OCCc3ccc(-c4ccccc4)cc3)c2)cc1.N. The van der Waals surface area contributed by atoms with Crippen molar-refractivity contribution in [3.8, 4) is 22.6 Å². The summed E-state index contributed by atoms with van der Waals surface area (Å²) in [5.41, 5.74) is 5.65. The first-order valence-corrected chi connectivity index (χ1v) is 16.3. The Morgan fingerprint density at radius 2 is 1.42 bits per heavy atom. The smallest absolute Gasteiger partial charge is 0.469 e. The second-order valence-electron chi connectivity index (χ2n) is 10.5. The second kappa shape index (κ2) is 18.1. The van der Waals surface area contributed by atoms with Gasteiger partial charge >= 0.3 is 7.82 Å². The molecule has 10 heteroatoms. The van der Waals surface area contributed by atoms with E-state index in [0.717, 1.165) is 36.1 Å². The molecule has 45 heavy (non-hydrogen) atoms. The molecule has 0 spiro atoms. The van der Waals surface area contributed by atoms with Crippen LogP contribution in [0.4, 0.5) is 0 Å². The Hall–Kier alpha value is -3.98. The largest absolute Gasteiger partial charge is 0.497 e. The van der Waals surface area contributed by atoms with Crippen molar-refractivity contribution in [2.75, 3.05) is 26.9 Å². The van der Waals surface area contributed by atoms with Gasteiger partial charge in [0.1, 0.15) is 11.5 Å². The van der Waals surface area contributed by atoms with Crippen molar-refractivity contribution in [3.05, 3.63) is 120 Å². The molecule has 0 aliphatic rings. The number of ether oxygens (including phenoxy) is 2. The molecule has 0 unspecified atom stereocenters. The van der Waals surface area contributed by atoms with Crippen LogP contribution in [0.3, 0.4) is 0 Å². The lowest BCUT2D eigenvalue weighted by Crippen LogP contribution is -2.33. The van der Waals surface area contributed by atoms with Gasteiger partial charge in [0.15, 0.2) is 0 Å². The Morgan fingerprint density at radius 3 is 2.11 bits per heavy atom. The van der Waals surface area contributed by atoms with Crippen LogP contribution in [0.15, 0.2) is 103 Å². The number of methoxy groups -OCH3 is 1. The number of nitrogens with zero attached hydrogens (tertiary/aromatic N) is 1. The second-order valence-corrected chi connectivity index (χ2v) is 11.7. The summed E-state index contributed by atoms with van der Waals surface area (Å²) in [4.78, 5) is 32.7. The Kier molecular flexibility index (Phi) is 14.3. The molecule has 0 aliphatic carbocycles. The van der Waals surface area contributed by atoms with Crippen LogP contribution in [0.5, 0.6) is 11.5 Å². The summed E-state index contributed by atoms with van der Waals surface area (Å²) in [6.07, 6.45) is 3.45. The minimum atomic E-state index is -4.61. The minimum absolute atomic E-state index is 0. The van der Waals surface area contributed by atoms with Gasteiger partial charge in [-0.2, -0.15) is 0 Å². The molecule has 0 saturated heterocycles. The van der Waals surface area contributed by atoms with Gasteiger partial charge < -0.3 is 30.3 Å². The number of aryl methyl sites for hydroxylation is 1. The van der Waals surface area contributed by atoms with E-state index in [0.29, 0.717) is 31.7 Å². The van der Waals surface area contributed by atoms with E-state index >= 15 is 0 Å². The van der Waals surface area contributed by atoms with Crippen LogP contribution in [0.25, 0.3) is 11.1 Å². The van der Waals surface area contributed by atoms with Crippen molar-refractivity contribution < 1.29 is 33.1 Å². The minimum Gasteiger partial charge on any atom is -0.497 e. The molecule has 0 bridgehead atoms. The number of unbranched alkanes of at least 4 members (excludes halogenated alkanes) is 1. The fourth-order valence-corrected chi connectivity index (χ4v) is 5.17. The summed E-state index contributed by atoms with van der Waals surface area (Å²) in [7, 11) is -3.03. The fourth-order valence-electron chi connectivity index (χ4n) is 4.85.